The molecule has 11 nitrogen and oxygen atoms in total. The van der Waals surface area contributed by atoms with Gasteiger partial charge >= 0.3 is 0 Å². The Labute approximate surface area is 216 Å². The second-order valence-corrected chi connectivity index (χ2v) is 9.64. The monoisotopic (exact) mass is 527 g/mol. The Kier molecular flexibility index (Phi) is 6.52. The Morgan fingerprint density at radius 3 is 2.68 bits per heavy atom. The molecule has 5 heterocycles. The number of carbonyl (C=O) groups excluding carboxylic acids is 2. The van der Waals surface area contributed by atoms with Gasteiger partial charge in [-0.25, -0.2) is 13.8 Å². The molecule has 3 saturated heterocycles. The van der Waals surface area contributed by atoms with Crippen LogP contribution in [0, 0.1) is 5.92 Å². The van der Waals surface area contributed by atoms with Crippen molar-refractivity contribution in [1.82, 2.24) is 29.7 Å². The largest absolute Gasteiger partial charge is 0.477 e. The summed E-state index contributed by atoms with van der Waals surface area (Å²) in [6.45, 7) is 3.47. The number of para-hydroxylation sites is 2. The van der Waals surface area contributed by atoms with Gasteiger partial charge in [0.05, 0.1) is 30.9 Å². The number of halogens is 2. The fraction of sp³-hybridized carbons (Fsp3) is 0.480. The first kappa shape index (κ1) is 24.5. The summed E-state index contributed by atoms with van der Waals surface area (Å²) in [4.78, 5) is 40.9. The first-order valence-corrected chi connectivity index (χ1v) is 12.6. The second-order valence-electron chi connectivity index (χ2n) is 9.64. The average Bonchev–Trinajstić information content (AvgIpc) is 3.52. The standard InChI is InChI=1S/C25H27F2N7O4/c26-22(27)23-29-16-3-1-2-4-18(16)34(23)19-11-21(31-25(30-19)32-7-9-37-10-8-32)38-14-15-12-33(13-15)24(36)17-5-6-20(35)28-17/h1-4,11,15,17,22H,5-10,12-14H2,(H,28,35)/t17-/m0/s1. The summed E-state index contributed by atoms with van der Waals surface area (Å²) in [6, 6.07) is 8.00. The molecular formula is C25H27F2N7O4. The lowest BCUT2D eigenvalue weighted by Gasteiger charge is -2.40. The number of rotatable bonds is 7. The number of carbonyl (C=O) groups is 2. The van der Waals surface area contributed by atoms with Gasteiger partial charge in [0.15, 0.2) is 5.82 Å². The third kappa shape index (κ3) is 4.73. The van der Waals surface area contributed by atoms with Crippen LogP contribution < -0.4 is 15.0 Å². The third-order valence-corrected chi connectivity index (χ3v) is 7.01. The average molecular weight is 528 g/mol. The van der Waals surface area contributed by atoms with E-state index in [0.717, 1.165) is 0 Å². The Morgan fingerprint density at radius 2 is 1.95 bits per heavy atom. The molecule has 0 spiro atoms. The lowest BCUT2D eigenvalue weighted by atomic mass is 9.99. The van der Waals surface area contributed by atoms with Crippen LogP contribution in [0.2, 0.25) is 0 Å². The molecule has 1 atom stereocenters. The lowest BCUT2D eigenvalue weighted by Crippen LogP contribution is -2.56. The molecule has 0 unspecified atom stereocenters. The summed E-state index contributed by atoms with van der Waals surface area (Å²) in [7, 11) is 0. The quantitative estimate of drug-likeness (QED) is 0.494. The van der Waals surface area contributed by atoms with Crippen molar-refractivity contribution in [1.29, 1.82) is 0 Å². The summed E-state index contributed by atoms with van der Waals surface area (Å²) in [5, 5.41) is 2.70. The van der Waals surface area contributed by atoms with Crippen LogP contribution in [-0.2, 0) is 14.3 Å². The highest BCUT2D eigenvalue weighted by Crippen LogP contribution is 2.30. The molecule has 1 aromatic carbocycles. The number of hydrogen-bond donors (Lipinski definition) is 1. The van der Waals surface area contributed by atoms with Gasteiger partial charge in [-0.3, -0.25) is 14.2 Å². The minimum Gasteiger partial charge on any atom is -0.477 e. The van der Waals surface area contributed by atoms with Crippen LogP contribution in [0.4, 0.5) is 14.7 Å². The number of alkyl halides is 2. The van der Waals surface area contributed by atoms with E-state index in [1.54, 1.807) is 35.2 Å². The SMILES string of the molecule is O=C1CC[C@@H](C(=O)N2CC(COc3cc(-n4c(C(F)F)nc5ccccc54)nc(N4CCOCC4)n3)C2)N1. The fourth-order valence-electron chi connectivity index (χ4n) is 5.00. The topological polar surface area (TPSA) is 115 Å². The van der Waals surface area contributed by atoms with Gasteiger partial charge in [-0.1, -0.05) is 12.1 Å². The zero-order valence-corrected chi connectivity index (χ0v) is 20.6. The summed E-state index contributed by atoms with van der Waals surface area (Å²) < 4.78 is 40.8. The molecule has 3 aliphatic rings. The van der Waals surface area contributed by atoms with Crippen molar-refractivity contribution in [3.05, 3.63) is 36.2 Å². The molecule has 2 aromatic heterocycles. The zero-order chi connectivity index (χ0) is 26.2. The van der Waals surface area contributed by atoms with Gasteiger partial charge in [-0.05, 0) is 18.6 Å². The molecule has 3 aliphatic heterocycles. The maximum atomic E-state index is 14.0. The van der Waals surface area contributed by atoms with Crippen LogP contribution in [0.25, 0.3) is 16.9 Å². The van der Waals surface area contributed by atoms with Gasteiger partial charge in [0, 0.05) is 44.6 Å². The molecule has 2 amide bonds. The molecule has 6 rings (SSSR count). The van der Waals surface area contributed by atoms with E-state index in [2.05, 4.69) is 20.3 Å². The first-order chi connectivity index (χ1) is 18.5. The molecule has 0 bridgehead atoms. The number of anilines is 1. The second kappa shape index (κ2) is 10.1. The van der Waals surface area contributed by atoms with E-state index in [1.807, 2.05) is 4.90 Å². The highest BCUT2D eigenvalue weighted by Gasteiger charge is 2.37. The van der Waals surface area contributed by atoms with E-state index < -0.39 is 18.3 Å². The number of amides is 2. The maximum Gasteiger partial charge on any atom is 0.296 e. The van der Waals surface area contributed by atoms with Crippen LogP contribution in [0.5, 0.6) is 5.88 Å². The van der Waals surface area contributed by atoms with Gasteiger partial charge in [-0.2, -0.15) is 9.97 Å². The molecule has 13 heteroatoms. The van der Waals surface area contributed by atoms with Gasteiger partial charge in [0.2, 0.25) is 23.6 Å². The van der Waals surface area contributed by atoms with E-state index in [4.69, 9.17) is 9.47 Å². The number of ether oxygens (including phenoxy) is 2. The maximum absolute atomic E-state index is 14.0. The Balaban J connectivity index is 1.23. The predicted octanol–water partition coefficient (Wildman–Crippen LogP) is 1.71. The van der Waals surface area contributed by atoms with Gasteiger partial charge < -0.3 is 24.6 Å². The minimum absolute atomic E-state index is 0.0717. The van der Waals surface area contributed by atoms with E-state index in [-0.39, 0.29) is 29.4 Å². The number of nitrogens with zero attached hydrogens (tertiary/aromatic N) is 6. The number of morpholine rings is 1. The van der Waals surface area contributed by atoms with Gasteiger partial charge in [0.1, 0.15) is 11.9 Å². The Bertz CT molecular complexity index is 1350. The molecule has 38 heavy (non-hydrogen) atoms. The predicted molar refractivity (Wildman–Crippen MR) is 131 cm³/mol. The Morgan fingerprint density at radius 1 is 1.16 bits per heavy atom. The van der Waals surface area contributed by atoms with Crippen molar-refractivity contribution in [3.8, 4) is 11.7 Å². The Hall–Kier alpha value is -3.87. The normalized spacial score (nSPS) is 20.2. The van der Waals surface area contributed by atoms with Crippen molar-refractivity contribution >= 4 is 28.8 Å². The molecule has 3 aromatic rings. The van der Waals surface area contributed by atoms with Gasteiger partial charge in [-0.15, -0.1) is 0 Å². The zero-order valence-electron chi connectivity index (χ0n) is 20.6. The number of hydrogen-bond acceptors (Lipinski definition) is 8. The van der Waals surface area contributed by atoms with E-state index >= 15 is 0 Å². The first-order valence-electron chi connectivity index (χ1n) is 12.6. The van der Waals surface area contributed by atoms with Crippen molar-refractivity contribution in [3.63, 3.8) is 0 Å². The minimum atomic E-state index is -2.81. The highest BCUT2D eigenvalue weighted by molar-refractivity contribution is 5.91. The van der Waals surface area contributed by atoms with Crippen molar-refractivity contribution < 1.29 is 27.8 Å². The summed E-state index contributed by atoms with van der Waals surface area (Å²) in [6.07, 6.45) is -1.92. The van der Waals surface area contributed by atoms with Crippen molar-refractivity contribution in [2.24, 2.45) is 5.92 Å². The van der Waals surface area contributed by atoms with Crippen LogP contribution >= 0.6 is 0 Å². The number of nitrogens with one attached hydrogen (secondary N) is 1. The van der Waals surface area contributed by atoms with Gasteiger partial charge in [0.25, 0.3) is 6.43 Å². The van der Waals surface area contributed by atoms with Crippen molar-refractivity contribution in [2.75, 3.05) is 50.9 Å². The molecule has 3 fully saturated rings. The molecular weight excluding hydrogens is 500 g/mol. The molecule has 0 aliphatic carbocycles. The molecule has 0 saturated carbocycles. The molecule has 0 radical (unpaired) electrons. The number of benzene rings is 1. The highest BCUT2D eigenvalue weighted by atomic mass is 19.3. The smallest absolute Gasteiger partial charge is 0.296 e. The number of aromatic nitrogens is 4. The van der Waals surface area contributed by atoms with Crippen LogP contribution in [-0.4, -0.2) is 88.3 Å². The van der Waals surface area contributed by atoms with Crippen LogP contribution in [0.15, 0.2) is 30.3 Å². The van der Waals surface area contributed by atoms with Crippen molar-refractivity contribution in [2.45, 2.75) is 25.3 Å². The summed E-state index contributed by atoms with van der Waals surface area (Å²) in [5.41, 5.74) is 0.946. The molecule has 200 valence electrons. The van der Waals surface area contributed by atoms with E-state index in [0.29, 0.717) is 75.8 Å². The number of imidazole rings is 1. The van der Waals surface area contributed by atoms with Crippen LogP contribution in [0.1, 0.15) is 25.1 Å². The third-order valence-electron chi connectivity index (χ3n) is 7.01. The number of fused-ring (bicyclic) bond motifs is 1. The van der Waals surface area contributed by atoms with E-state index in [9.17, 15) is 18.4 Å². The lowest BCUT2D eigenvalue weighted by molar-refractivity contribution is -0.141. The summed E-state index contributed by atoms with van der Waals surface area (Å²) in [5.74, 6) is 0.368. The molecule has 1 N–H and O–H groups in total. The fourth-order valence-corrected chi connectivity index (χ4v) is 5.00. The summed E-state index contributed by atoms with van der Waals surface area (Å²) >= 11 is 0. The van der Waals surface area contributed by atoms with Crippen LogP contribution in [0.3, 0.4) is 0 Å². The van der Waals surface area contributed by atoms with E-state index in [1.165, 1.54) is 4.57 Å². The number of likely N-dealkylation sites (tertiary alicyclic amines) is 1.